The van der Waals surface area contributed by atoms with Crippen LogP contribution in [-0.2, 0) is 4.74 Å². The van der Waals surface area contributed by atoms with Gasteiger partial charge < -0.3 is 15.2 Å². The van der Waals surface area contributed by atoms with Crippen LogP contribution in [0.25, 0.3) is 0 Å². The average Bonchev–Trinajstić information content (AvgIpc) is 2.84. The molecule has 2 rings (SSSR count). The molecule has 0 aliphatic heterocycles. The molecule has 0 atom stereocenters. The van der Waals surface area contributed by atoms with E-state index in [9.17, 15) is 4.79 Å². The smallest absolute Gasteiger partial charge is 0.342 e. The molecule has 0 unspecified atom stereocenters. The summed E-state index contributed by atoms with van der Waals surface area (Å²) in [4.78, 5) is 12.1. The van der Waals surface area contributed by atoms with E-state index in [0.717, 1.165) is 25.7 Å². The summed E-state index contributed by atoms with van der Waals surface area (Å²) in [6, 6.07) is 5.15. The van der Waals surface area contributed by atoms with Gasteiger partial charge in [0.15, 0.2) is 5.75 Å². The summed E-state index contributed by atoms with van der Waals surface area (Å²) in [5.41, 5.74) is 6.71. The molecule has 18 heavy (non-hydrogen) atoms. The van der Waals surface area contributed by atoms with Crippen molar-refractivity contribution in [1.29, 1.82) is 0 Å². The Kier molecular flexibility index (Phi) is 4.07. The molecule has 0 spiro atoms. The molecule has 0 saturated heterocycles. The highest BCUT2D eigenvalue weighted by Gasteiger charge is 2.23. The van der Waals surface area contributed by atoms with Gasteiger partial charge in [0.1, 0.15) is 11.7 Å². The van der Waals surface area contributed by atoms with Crippen LogP contribution in [0.4, 0.5) is 5.69 Å². The van der Waals surface area contributed by atoms with E-state index < -0.39 is 0 Å². The van der Waals surface area contributed by atoms with Crippen LogP contribution in [-0.4, -0.2) is 18.7 Å². The number of hydrogen-bond acceptors (Lipinski definition) is 4. The van der Waals surface area contributed by atoms with Crippen LogP contribution in [0.1, 0.15) is 43.0 Å². The van der Waals surface area contributed by atoms with Gasteiger partial charge in [0, 0.05) is 0 Å². The van der Waals surface area contributed by atoms with Gasteiger partial charge in [-0.05, 0) is 44.7 Å². The zero-order chi connectivity index (χ0) is 13.0. The number of hydrogen-bond donors (Lipinski definition) is 1. The fourth-order valence-electron chi connectivity index (χ4n) is 2.24. The first kappa shape index (κ1) is 12.7. The van der Waals surface area contributed by atoms with Crippen LogP contribution in [0.5, 0.6) is 5.75 Å². The number of esters is 1. The predicted octanol–water partition coefficient (Wildman–Crippen LogP) is 2.77. The van der Waals surface area contributed by atoms with Crippen LogP contribution in [0.2, 0.25) is 0 Å². The van der Waals surface area contributed by atoms with Crippen molar-refractivity contribution in [3.8, 4) is 5.75 Å². The first-order chi connectivity index (χ1) is 8.72. The van der Waals surface area contributed by atoms with Gasteiger partial charge in [-0.2, -0.15) is 0 Å². The van der Waals surface area contributed by atoms with Gasteiger partial charge in [-0.15, -0.1) is 0 Å². The van der Waals surface area contributed by atoms with E-state index in [-0.39, 0.29) is 12.1 Å². The van der Waals surface area contributed by atoms with Gasteiger partial charge >= 0.3 is 5.97 Å². The largest absolute Gasteiger partial charge is 0.491 e. The number of benzene rings is 1. The van der Waals surface area contributed by atoms with E-state index in [1.165, 1.54) is 0 Å². The molecule has 1 aliphatic carbocycles. The highest BCUT2D eigenvalue weighted by molar-refractivity contribution is 5.94. The minimum absolute atomic E-state index is 0.0495. The topological polar surface area (TPSA) is 61.5 Å². The number of carbonyl (C=O) groups excluding carboxylic acids is 1. The summed E-state index contributed by atoms with van der Waals surface area (Å²) in [5.74, 6) is 0.0978. The van der Waals surface area contributed by atoms with Crippen LogP contribution < -0.4 is 10.5 Å². The van der Waals surface area contributed by atoms with E-state index >= 15 is 0 Å². The maximum Gasteiger partial charge on any atom is 0.342 e. The predicted molar refractivity (Wildman–Crippen MR) is 69.7 cm³/mol. The lowest BCUT2D eigenvalue weighted by molar-refractivity contribution is 0.0314. The molecule has 0 radical (unpaired) electrons. The first-order valence-corrected chi connectivity index (χ1v) is 6.44. The highest BCUT2D eigenvalue weighted by atomic mass is 16.5. The molecule has 0 amide bonds. The summed E-state index contributed by atoms with van der Waals surface area (Å²) in [6.45, 7) is 2.33. The Hall–Kier alpha value is -1.71. The Morgan fingerprint density at radius 2 is 2.11 bits per heavy atom. The maximum atomic E-state index is 12.1. The Morgan fingerprint density at radius 1 is 1.39 bits per heavy atom. The van der Waals surface area contributed by atoms with Crippen molar-refractivity contribution < 1.29 is 14.3 Å². The van der Waals surface area contributed by atoms with Crippen LogP contribution in [0, 0.1) is 0 Å². The molecule has 4 nitrogen and oxygen atoms in total. The molecular formula is C14H19NO3. The van der Waals surface area contributed by atoms with Crippen molar-refractivity contribution in [3.05, 3.63) is 23.8 Å². The van der Waals surface area contributed by atoms with Gasteiger partial charge in [0.2, 0.25) is 0 Å². The van der Waals surface area contributed by atoms with Gasteiger partial charge in [-0.25, -0.2) is 4.79 Å². The van der Waals surface area contributed by atoms with Crippen molar-refractivity contribution in [2.75, 3.05) is 12.3 Å². The highest BCUT2D eigenvalue weighted by Crippen LogP contribution is 2.29. The molecular weight excluding hydrogens is 230 g/mol. The second-order valence-corrected chi connectivity index (χ2v) is 4.47. The Balaban J connectivity index is 2.15. The minimum atomic E-state index is -0.336. The van der Waals surface area contributed by atoms with E-state index in [2.05, 4.69) is 0 Å². The average molecular weight is 249 g/mol. The zero-order valence-electron chi connectivity index (χ0n) is 10.6. The number of nitrogen functional groups attached to an aromatic ring is 1. The summed E-state index contributed by atoms with van der Waals surface area (Å²) < 4.78 is 10.9. The van der Waals surface area contributed by atoms with Gasteiger partial charge in [-0.3, -0.25) is 0 Å². The van der Waals surface area contributed by atoms with E-state index in [1.54, 1.807) is 18.2 Å². The molecule has 0 heterocycles. The van der Waals surface area contributed by atoms with Gasteiger partial charge in [0.25, 0.3) is 0 Å². The SMILES string of the molecule is CCOc1c(N)cccc1C(=O)OC1CCCC1. The lowest BCUT2D eigenvalue weighted by Gasteiger charge is -2.15. The second-order valence-electron chi connectivity index (χ2n) is 4.47. The fraction of sp³-hybridized carbons (Fsp3) is 0.500. The lowest BCUT2D eigenvalue weighted by atomic mass is 10.1. The van der Waals surface area contributed by atoms with Crippen molar-refractivity contribution in [3.63, 3.8) is 0 Å². The first-order valence-electron chi connectivity index (χ1n) is 6.44. The summed E-state index contributed by atoms with van der Waals surface area (Å²) in [6.07, 6.45) is 4.23. The van der Waals surface area contributed by atoms with Crippen molar-refractivity contribution in [2.24, 2.45) is 0 Å². The third kappa shape index (κ3) is 2.75. The fourth-order valence-corrected chi connectivity index (χ4v) is 2.24. The van der Waals surface area contributed by atoms with Crippen LogP contribution in [0.3, 0.4) is 0 Å². The van der Waals surface area contributed by atoms with Crippen LogP contribution >= 0.6 is 0 Å². The molecule has 2 N–H and O–H groups in total. The maximum absolute atomic E-state index is 12.1. The quantitative estimate of drug-likeness (QED) is 0.658. The Labute approximate surface area is 107 Å². The summed E-state index contributed by atoms with van der Waals surface area (Å²) >= 11 is 0. The molecule has 4 heteroatoms. The molecule has 1 saturated carbocycles. The number of para-hydroxylation sites is 1. The third-order valence-electron chi connectivity index (χ3n) is 3.13. The number of carbonyl (C=O) groups is 1. The number of anilines is 1. The van der Waals surface area contributed by atoms with Gasteiger partial charge in [0.05, 0.1) is 12.3 Å². The summed E-state index contributed by atoms with van der Waals surface area (Å²) in [5, 5.41) is 0. The zero-order valence-corrected chi connectivity index (χ0v) is 10.6. The molecule has 1 aromatic carbocycles. The number of rotatable bonds is 4. The Bertz CT molecular complexity index is 425. The number of ether oxygens (including phenoxy) is 2. The monoisotopic (exact) mass is 249 g/mol. The molecule has 1 aliphatic rings. The second kappa shape index (κ2) is 5.76. The standard InChI is InChI=1S/C14H19NO3/c1-2-17-13-11(8-5-9-12(13)15)14(16)18-10-6-3-4-7-10/h5,8-10H,2-4,6-7,15H2,1H3. The molecule has 0 aromatic heterocycles. The van der Waals surface area contributed by atoms with Crippen molar-refractivity contribution >= 4 is 11.7 Å². The Morgan fingerprint density at radius 3 is 2.78 bits per heavy atom. The van der Waals surface area contributed by atoms with Gasteiger partial charge in [-0.1, -0.05) is 6.07 Å². The molecule has 0 bridgehead atoms. The molecule has 1 aromatic rings. The lowest BCUT2D eigenvalue weighted by Crippen LogP contribution is -2.16. The minimum Gasteiger partial charge on any atom is -0.491 e. The summed E-state index contributed by atoms with van der Waals surface area (Å²) in [7, 11) is 0. The van der Waals surface area contributed by atoms with Crippen molar-refractivity contribution in [2.45, 2.75) is 38.7 Å². The van der Waals surface area contributed by atoms with Crippen LogP contribution in [0.15, 0.2) is 18.2 Å². The van der Waals surface area contributed by atoms with E-state index in [4.69, 9.17) is 15.2 Å². The normalized spacial score (nSPS) is 15.6. The van der Waals surface area contributed by atoms with E-state index in [0.29, 0.717) is 23.6 Å². The third-order valence-corrected chi connectivity index (χ3v) is 3.13. The van der Waals surface area contributed by atoms with E-state index in [1.807, 2.05) is 6.92 Å². The molecule has 1 fully saturated rings. The molecule has 98 valence electrons. The van der Waals surface area contributed by atoms with Crippen molar-refractivity contribution in [1.82, 2.24) is 0 Å². The number of nitrogens with two attached hydrogens (primary N) is 1.